The maximum atomic E-state index is 13.0. The molecule has 1 N–H and O–H groups in total. The zero-order chi connectivity index (χ0) is 11.5. The topological polar surface area (TPSA) is 12.0 Å². The van der Waals surface area contributed by atoms with Gasteiger partial charge in [0.2, 0.25) is 0 Å². The third-order valence-corrected chi connectivity index (χ3v) is 3.90. The van der Waals surface area contributed by atoms with E-state index in [1.165, 1.54) is 24.5 Å². The van der Waals surface area contributed by atoms with Gasteiger partial charge in [0.1, 0.15) is 5.82 Å². The van der Waals surface area contributed by atoms with Crippen LogP contribution in [0.1, 0.15) is 24.8 Å². The lowest BCUT2D eigenvalue weighted by Crippen LogP contribution is -2.27. The van der Waals surface area contributed by atoms with E-state index in [4.69, 9.17) is 0 Å². The predicted molar refractivity (Wildman–Crippen MR) is 68.0 cm³/mol. The van der Waals surface area contributed by atoms with E-state index < -0.39 is 0 Å². The molecule has 0 saturated heterocycles. The quantitative estimate of drug-likeness (QED) is 0.873. The average molecular weight is 286 g/mol. The summed E-state index contributed by atoms with van der Waals surface area (Å²) in [6.07, 6.45) is 4.87. The third-order valence-electron chi connectivity index (χ3n) is 3.29. The lowest BCUT2D eigenvalue weighted by atomic mass is 10.0. The Bertz CT molecular complexity index is 363. The van der Waals surface area contributed by atoms with Crippen LogP contribution in [0.5, 0.6) is 0 Å². The number of hydrogen-bond donors (Lipinski definition) is 1. The van der Waals surface area contributed by atoms with Gasteiger partial charge in [-0.1, -0.05) is 6.07 Å². The molecule has 2 rings (SSSR count). The minimum Gasteiger partial charge on any atom is -0.317 e. The molecule has 1 nitrogen and oxygen atoms in total. The van der Waals surface area contributed by atoms with Crippen LogP contribution in [-0.2, 0) is 6.42 Å². The fourth-order valence-corrected chi connectivity index (χ4v) is 2.56. The molecule has 1 atom stereocenters. The zero-order valence-electron chi connectivity index (χ0n) is 9.47. The van der Waals surface area contributed by atoms with Gasteiger partial charge in [-0.15, -0.1) is 0 Å². The fourth-order valence-electron chi connectivity index (χ4n) is 2.13. The van der Waals surface area contributed by atoms with Gasteiger partial charge < -0.3 is 5.32 Å². The van der Waals surface area contributed by atoms with E-state index in [0.717, 1.165) is 18.8 Å². The first-order valence-electron chi connectivity index (χ1n) is 5.82. The molecule has 0 heterocycles. The highest BCUT2D eigenvalue weighted by atomic mass is 79.9. The van der Waals surface area contributed by atoms with Gasteiger partial charge in [0.05, 0.1) is 4.47 Å². The number of benzene rings is 1. The molecule has 1 aliphatic carbocycles. The second-order valence-corrected chi connectivity index (χ2v) is 5.37. The lowest BCUT2D eigenvalue weighted by molar-refractivity contribution is 0.470. The molecule has 3 heteroatoms. The van der Waals surface area contributed by atoms with Crippen molar-refractivity contribution in [1.82, 2.24) is 5.32 Å². The highest BCUT2D eigenvalue weighted by Crippen LogP contribution is 2.34. The van der Waals surface area contributed by atoms with E-state index in [1.807, 2.05) is 19.2 Å². The van der Waals surface area contributed by atoms with Crippen LogP contribution >= 0.6 is 15.9 Å². The Morgan fingerprint density at radius 1 is 1.50 bits per heavy atom. The Hall–Kier alpha value is -0.410. The molecule has 1 aromatic rings. The van der Waals surface area contributed by atoms with Crippen molar-refractivity contribution < 1.29 is 4.39 Å². The predicted octanol–water partition coefficient (Wildman–Crippen LogP) is 3.52. The van der Waals surface area contributed by atoms with E-state index >= 15 is 0 Å². The van der Waals surface area contributed by atoms with Gasteiger partial charge in [0.25, 0.3) is 0 Å². The molecular formula is C13H17BrFN. The summed E-state index contributed by atoms with van der Waals surface area (Å²) in [5.74, 6) is 0.685. The van der Waals surface area contributed by atoms with E-state index in [2.05, 4.69) is 21.2 Å². The van der Waals surface area contributed by atoms with E-state index in [9.17, 15) is 4.39 Å². The highest BCUT2D eigenvalue weighted by molar-refractivity contribution is 9.10. The molecular weight excluding hydrogens is 269 g/mol. The smallest absolute Gasteiger partial charge is 0.137 e. The molecule has 16 heavy (non-hydrogen) atoms. The second kappa shape index (κ2) is 5.28. The van der Waals surface area contributed by atoms with Crippen LogP contribution in [0.25, 0.3) is 0 Å². The molecule has 1 unspecified atom stereocenters. The number of hydrogen-bond acceptors (Lipinski definition) is 1. The summed E-state index contributed by atoms with van der Waals surface area (Å²) in [4.78, 5) is 0. The van der Waals surface area contributed by atoms with Gasteiger partial charge in [0.15, 0.2) is 0 Å². The summed E-state index contributed by atoms with van der Waals surface area (Å²) in [7, 11) is 2.03. The number of rotatable bonds is 5. The Morgan fingerprint density at radius 2 is 2.25 bits per heavy atom. The van der Waals surface area contributed by atoms with Crippen molar-refractivity contribution >= 4 is 15.9 Å². The largest absolute Gasteiger partial charge is 0.317 e. The van der Waals surface area contributed by atoms with E-state index in [1.54, 1.807) is 0 Å². The third kappa shape index (κ3) is 3.05. The zero-order valence-corrected chi connectivity index (χ0v) is 11.1. The van der Waals surface area contributed by atoms with Crippen LogP contribution in [-0.4, -0.2) is 13.1 Å². The molecule has 1 aliphatic rings. The van der Waals surface area contributed by atoms with Crippen molar-refractivity contribution in [3.63, 3.8) is 0 Å². The summed E-state index contributed by atoms with van der Waals surface area (Å²) in [6.45, 7) is 0. The van der Waals surface area contributed by atoms with Crippen molar-refractivity contribution in [2.75, 3.05) is 7.05 Å². The van der Waals surface area contributed by atoms with Gasteiger partial charge in [-0.25, -0.2) is 4.39 Å². The Balaban J connectivity index is 1.90. The van der Waals surface area contributed by atoms with E-state index in [-0.39, 0.29) is 5.82 Å². The summed E-state index contributed by atoms with van der Waals surface area (Å²) < 4.78 is 13.6. The minimum absolute atomic E-state index is 0.184. The van der Waals surface area contributed by atoms with Crippen LogP contribution in [0.3, 0.4) is 0 Å². The van der Waals surface area contributed by atoms with Crippen LogP contribution in [0.4, 0.5) is 4.39 Å². The van der Waals surface area contributed by atoms with Gasteiger partial charge in [-0.2, -0.15) is 0 Å². The fraction of sp³-hybridized carbons (Fsp3) is 0.538. The van der Waals surface area contributed by atoms with Crippen LogP contribution in [0.15, 0.2) is 22.7 Å². The molecule has 0 aliphatic heterocycles. The van der Waals surface area contributed by atoms with Crippen LogP contribution < -0.4 is 5.32 Å². The average Bonchev–Trinajstić information content (AvgIpc) is 3.08. The summed E-state index contributed by atoms with van der Waals surface area (Å²) in [5.41, 5.74) is 1.20. The molecule has 0 spiro atoms. The van der Waals surface area contributed by atoms with E-state index in [0.29, 0.717) is 10.5 Å². The molecule has 1 saturated carbocycles. The van der Waals surface area contributed by atoms with Gasteiger partial charge in [-0.05, 0) is 72.3 Å². The van der Waals surface area contributed by atoms with Crippen molar-refractivity contribution in [3.8, 4) is 0 Å². The maximum Gasteiger partial charge on any atom is 0.137 e. The number of nitrogens with one attached hydrogen (secondary N) is 1. The summed E-state index contributed by atoms with van der Waals surface area (Å²) in [5, 5.41) is 3.37. The molecule has 1 fully saturated rings. The normalized spacial score (nSPS) is 17.4. The molecule has 1 aromatic carbocycles. The standard InChI is InChI=1S/C13H17BrFN/c1-16-13(10-4-5-10)7-3-9-2-6-12(15)11(14)8-9/h2,6,8,10,13,16H,3-5,7H2,1H3. The monoisotopic (exact) mass is 285 g/mol. The van der Waals surface area contributed by atoms with Gasteiger partial charge >= 0.3 is 0 Å². The SMILES string of the molecule is CNC(CCc1ccc(F)c(Br)c1)C1CC1. The Morgan fingerprint density at radius 3 is 2.81 bits per heavy atom. The van der Waals surface area contributed by atoms with Crippen molar-refractivity contribution in [3.05, 3.63) is 34.1 Å². The summed E-state index contributed by atoms with van der Waals surface area (Å²) in [6, 6.07) is 5.92. The summed E-state index contributed by atoms with van der Waals surface area (Å²) >= 11 is 3.22. The minimum atomic E-state index is -0.184. The van der Waals surface area contributed by atoms with Crippen molar-refractivity contribution in [1.29, 1.82) is 0 Å². The first-order chi connectivity index (χ1) is 7.70. The number of halogens is 2. The molecule has 0 bridgehead atoms. The molecule has 88 valence electrons. The van der Waals surface area contributed by atoms with Crippen LogP contribution in [0.2, 0.25) is 0 Å². The Labute approximate surface area is 105 Å². The first-order valence-corrected chi connectivity index (χ1v) is 6.61. The maximum absolute atomic E-state index is 13.0. The van der Waals surface area contributed by atoms with Crippen molar-refractivity contribution in [2.24, 2.45) is 5.92 Å². The van der Waals surface area contributed by atoms with Crippen molar-refractivity contribution in [2.45, 2.75) is 31.7 Å². The van der Waals surface area contributed by atoms with Gasteiger partial charge in [0, 0.05) is 6.04 Å². The first kappa shape index (κ1) is 12.1. The molecule has 0 aromatic heterocycles. The lowest BCUT2D eigenvalue weighted by Gasteiger charge is -2.15. The molecule has 0 radical (unpaired) electrons. The number of aryl methyl sites for hydroxylation is 1. The van der Waals surface area contributed by atoms with Gasteiger partial charge in [-0.3, -0.25) is 0 Å². The molecule has 0 amide bonds. The second-order valence-electron chi connectivity index (χ2n) is 4.52. The van der Waals surface area contributed by atoms with Crippen LogP contribution in [0, 0.1) is 11.7 Å². The highest BCUT2D eigenvalue weighted by Gasteiger charge is 2.29. The Kier molecular flexibility index (Phi) is 3.98.